The van der Waals surface area contributed by atoms with Crippen LogP contribution in [0, 0.1) is 0 Å². The summed E-state index contributed by atoms with van der Waals surface area (Å²) in [6.07, 6.45) is -0.423. The molecule has 1 rings (SSSR count). The minimum Gasteiger partial charge on any atom is -0.447 e. The zero-order valence-electron chi connectivity index (χ0n) is 8.27. The molecule has 0 fully saturated rings. The number of carbonyl (C=O) groups excluding carboxylic acids is 1. The molecule has 0 saturated carbocycles. The number of amides is 1. The summed E-state index contributed by atoms with van der Waals surface area (Å²) in [5.41, 5.74) is 0. The Kier molecular flexibility index (Phi) is 5.07. The molecule has 1 N–H and O–H groups in total. The van der Waals surface area contributed by atoms with Crippen molar-refractivity contribution in [3.63, 3.8) is 0 Å². The summed E-state index contributed by atoms with van der Waals surface area (Å²) in [7, 11) is 1.66. The van der Waals surface area contributed by atoms with E-state index < -0.39 is 6.09 Å². The monoisotopic (exact) mass is 293 g/mol. The molecule has 6 heteroatoms. The number of ether oxygens (including phenoxy) is 1. The fraction of sp³-hybridized carbons (Fsp3) is 0.444. The molecular formula is C9H12BrNO3S. The minimum atomic E-state index is -0.423. The van der Waals surface area contributed by atoms with Gasteiger partial charge in [0.2, 0.25) is 0 Å². The number of aliphatic hydroxyl groups is 1. The lowest BCUT2D eigenvalue weighted by molar-refractivity contribution is 0.0896. The molecular weight excluding hydrogens is 282 g/mol. The molecule has 15 heavy (non-hydrogen) atoms. The van der Waals surface area contributed by atoms with E-state index in [0.717, 1.165) is 9.35 Å². The van der Waals surface area contributed by atoms with E-state index in [4.69, 9.17) is 9.84 Å². The van der Waals surface area contributed by atoms with Gasteiger partial charge in [0.25, 0.3) is 0 Å². The Bertz CT molecular complexity index is 329. The second kappa shape index (κ2) is 6.09. The van der Waals surface area contributed by atoms with E-state index in [9.17, 15) is 4.79 Å². The first-order valence-corrected chi connectivity index (χ1v) is 6.02. The van der Waals surface area contributed by atoms with E-state index in [-0.39, 0.29) is 13.2 Å². The topological polar surface area (TPSA) is 49.8 Å². The Hall–Kier alpha value is -0.590. The number of nitrogens with zero attached hydrogens (tertiary/aromatic N) is 1. The quantitative estimate of drug-likeness (QED) is 0.925. The molecule has 0 radical (unpaired) electrons. The van der Waals surface area contributed by atoms with Crippen LogP contribution < -0.4 is 0 Å². The Morgan fingerprint density at radius 2 is 2.47 bits per heavy atom. The van der Waals surface area contributed by atoms with Crippen molar-refractivity contribution in [1.29, 1.82) is 0 Å². The highest BCUT2D eigenvalue weighted by atomic mass is 79.9. The molecule has 0 unspecified atom stereocenters. The highest BCUT2D eigenvalue weighted by Gasteiger charge is 2.10. The van der Waals surface area contributed by atoms with Crippen LogP contribution >= 0.6 is 27.3 Å². The van der Waals surface area contributed by atoms with Crippen molar-refractivity contribution in [3.8, 4) is 0 Å². The predicted octanol–water partition coefficient (Wildman–Crippen LogP) is 2.07. The Morgan fingerprint density at radius 1 is 1.73 bits per heavy atom. The van der Waals surface area contributed by atoms with Gasteiger partial charge in [-0.2, -0.15) is 0 Å². The Labute approximate surface area is 101 Å². The summed E-state index contributed by atoms with van der Waals surface area (Å²) < 4.78 is 5.78. The van der Waals surface area contributed by atoms with Crippen LogP contribution in [0.4, 0.5) is 4.79 Å². The zero-order valence-corrected chi connectivity index (χ0v) is 10.7. The van der Waals surface area contributed by atoms with E-state index >= 15 is 0 Å². The third kappa shape index (κ3) is 4.19. The largest absolute Gasteiger partial charge is 0.447 e. The lowest BCUT2D eigenvalue weighted by Crippen LogP contribution is -2.27. The van der Waals surface area contributed by atoms with Gasteiger partial charge in [0.05, 0.1) is 13.2 Å². The van der Waals surface area contributed by atoms with Crippen molar-refractivity contribution in [3.05, 3.63) is 20.8 Å². The normalized spacial score (nSPS) is 10.1. The van der Waals surface area contributed by atoms with Crippen LogP contribution in [0.1, 0.15) is 4.88 Å². The molecule has 1 amide bonds. The maximum atomic E-state index is 11.3. The number of carbonyl (C=O) groups is 1. The summed E-state index contributed by atoms with van der Waals surface area (Å²) in [5, 5.41) is 10.5. The van der Waals surface area contributed by atoms with Gasteiger partial charge in [-0.05, 0) is 22.0 Å². The second-order valence-corrected chi connectivity index (χ2v) is 4.84. The first-order chi connectivity index (χ1) is 7.13. The van der Waals surface area contributed by atoms with E-state index in [0.29, 0.717) is 6.54 Å². The van der Waals surface area contributed by atoms with Crippen LogP contribution in [-0.2, 0) is 11.3 Å². The third-order valence-electron chi connectivity index (χ3n) is 1.64. The maximum absolute atomic E-state index is 11.3. The highest BCUT2D eigenvalue weighted by Crippen LogP contribution is 2.20. The molecule has 4 nitrogen and oxygen atoms in total. The van der Waals surface area contributed by atoms with Gasteiger partial charge in [0, 0.05) is 21.8 Å². The molecule has 0 aliphatic rings. The van der Waals surface area contributed by atoms with Crippen molar-refractivity contribution in [2.45, 2.75) is 6.54 Å². The van der Waals surface area contributed by atoms with Crippen LogP contribution in [-0.4, -0.2) is 36.4 Å². The minimum absolute atomic E-state index is 0.0390. The molecule has 0 bridgehead atoms. The SMILES string of the molecule is CN(Cc1cc(Br)cs1)C(=O)OCCO. The Morgan fingerprint density at radius 3 is 3.00 bits per heavy atom. The summed E-state index contributed by atoms with van der Waals surface area (Å²) >= 11 is 4.92. The number of aliphatic hydroxyl groups excluding tert-OH is 1. The van der Waals surface area contributed by atoms with Crippen LogP contribution in [0.15, 0.2) is 15.9 Å². The Balaban J connectivity index is 2.41. The first kappa shape index (κ1) is 12.5. The van der Waals surface area contributed by atoms with Gasteiger partial charge in [0.1, 0.15) is 6.61 Å². The van der Waals surface area contributed by atoms with E-state index in [1.54, 1.807) is 18.4 Å². The fourth-order valence-corrected chi connectivity index (χ4v) is 2.48. The summed E-state index contributed by atoms with van der Waals surface area (Å²) in [6.45, 7) is 0.405. The predicted molar refractivity (Wildman–Crippen MR) is 61.9 cm³/mol. The molecule has 1 heterocycles. The van der Waals surface area contributed by atoms with Crippen molar-refractivity contribution in [2.24, 2.45) is 0 Å². The second-order valence-electron chi connectivity index (χ2n) is 2.93. The third-order valence-corrected chi connectivity index (χ3v) is 3.33. The lowest BCUT2D eigenvalue weighted by atomic mass is 10.4. The van der Waals surface area contributed by atoms with Gasteiger partial charge in [-0.15, -0.1) is 11.3 Å². The average Bonchev–Trinajstić information content (AvgIpc) is 2.60. The summed E-state index contributed by atoms with van der Waals surface area (Å²) in [5.74, 6) is 0. The summed E-state index contributed by atoms with van der Waals surface area (Å²) in [6, 6.07) is 1.96. The summed E-state index contributed by atoms with van der Waals surface area (Å²) in [4.78, 5) is 13.8. The van der Waals surface area contributed by atoms with Gasteiger partial charge < -0.3 is 14.7 Å². The van der Waals surface area contributed by atoms with Crippen molar-refractivity contribution >= 4 is 33.4 Å². The van der Waals surface area contributed by atoms with Gasteiger partial charge in [-0.3, -0.25) is 0 Å². The number of hydrogen-bond acceptors (Lipinski definition) is 4. The molecule has 0 aliphatic carbocycles. The van der Waals surface area contributed by atoms with E-state index in [1.807, 2.05) is 11.4 Å². The first-order valence-electron chi connectivity index (χ1n) is 4.35. The zero-order chi connectivity index (χ0) is 11.3. The van der Waals surface area contributed by atoms with E-state index in [1.165, 1.54) is 4.90 Å². The van der Waals surface area contributed by atoms with Crippen LogP contribution in [0.5, 0.6) is 0 Å². The van der Waals surface area contributed by atoms with E-state index in [2.05, 4.69) is 15.9 Å². The molecule has 0 atom stereocenters. The van der Waals surface area contributed by atoms with Gasteiger partial charge in [-0.1, -0.05) is 0 Å². The van der Waals surface area contributed by atoms with Crippen molar-refractivity contribution in [2.75, 3.05) is 20.3 Å². The fourth-order valence-electron chi connectivity index (χ4n) is 0.978. The molecule has 1 aromatic heterocycles. The van der Waals surface area contributed by atoms with Gasteiger partial charge in [0.15, 0.2) is 0 Å². The van der Waals surface area contributed by atoms with Crippen LogP contribution in [0.2, 0.25) is 0 Å². The van der Waals surface area contributed by atoms with Crippen molar-refractivity contribution in [1.82, 2.24) is 4.90 Å². The van der Waals surface area contributed by atoms with Crippen LogP contribution in [0.3, 0.4) is 0 Å². The van der Waals surface area contributed by atoms with Crippen molar-refractivity contribution < 1.29 is 14.6 Å². The smallest absolute Gasteiger partial charge is 0.409 e. The molecule has 0 saturated heterocycles. The number of hydrogen-bond donors (Lipinski definition) is 1. The molecule has 0 spiro atoms. The average molecular weight is 294 g/mol. The molecule has 0 aromatic carbocycles. The number of rotatable bonds is 4. The molecule has 84 valence electrons. The van der Waals surface area contributed by atoms with Crippen LogP contribution in [0.25, 0.3) is 0 Å². The molecule has 1 aromatic rings. The number of thiophene rings is 1. The van der Waals surface area contributed by atoms with Gasteiger partial charge in [-0.25, -0.2) is 4.79 Å². The van der Waals surface area contributed by atoms with Gasteiger partial charge >= 0.3 is 6.09 Å². The molecule has 0 aliphatic heterocycles. The lowest BCUT2D eigenvalue weighted by Gasteiger charge is -2.15. The maximum Gasteiger partial charge on any atom is 0.409 e. The standard InChI is InChI=1S/C9H12BrNO3S/c1-11(9(13)14-3-2-12)5-8-4-7(10)6-15-8/h4,6,12H,2-3,5H2,1H3. The highest BCUT2D eigenvalue weighted by molar-refractivity contribution is 9.10. The number of halogens is 1.